The lowest BCUT2D eigenvalue weighted by Crippen LogP contribution is -2.30. The number of halogens is 1. The van der Waals surface area contributed by atoms with Crippen LogP contribution in [0.2, 0.25) is 5.15 Å². The summed E-state index contributed by atoms with van der Waals surface area (Å²) in [6.45, 7) is 3.51. The quantitative estimate of drug-likeness (QED) is 0.498. The second kappa shape index (κ2) is 4.89. The summed E-state index contributed by atoms with van der Waals surface area (Å²) in [4.78, 5) is 25.2. The number of pyridine rings is 1. The summed E-state index contributed by atoms with van der Waals surface area (Å²) >= 11 is 5.59. The molecule has 0 aromatic carbocycles. The van der Waals surface area contributed by atoms with Crippen LogP contribution in [0.15, 0.2) is 12.3 Å². The molecule has 0 aliphatic rings. The van der Waals surface area contributed by atoms with Gasteiger partial charge in [-0.1, -0.05) is 11.6 Å². The van der Waals surface area contributed by atoms with Gasteiger partial charge in [-0.2, -0.15) is 0 Å². The molecular formula is C9H10ClN3O3. The Balaban J connectivity index is 3.14. The summed E-state index contributed by atoms with van der Waals surface area (Å²) in [5, 5.41) is 13.3. The SMILES string of the molecule is CC(C)NC(=O)c1cc(Cl)ncc1[N+](=O)[O-]. The number of hydrogen-bond acceptors (Lipinski definition) is 4. The van der Waals surface area contributed by atoms with Crippen molar-refractivity contribution in [2.45, 2.75) is 19.9 Å². The van der Waals surface area contributed by atoms with Crippen molar-refractivity contribution in [3.8, 4) is 0 Å². The molecule has 1 rings (SSSR count). The highest BCUT2D eigenvalue weighted by molar-refractivity contribution is 6.29. The lowest BCUT2D eigenvalue weighted by Gasteiger charge is -2.08. The Morgan fingerprint density at radius 2 is 2.25 bits per heavy atom. The number of nitrogens with one attached hydrogen (secondary N) is 1. The Kier molecular flexibility index (Phi) is 3.78. The number of carbonyl (C=O) groups is 1. The van der Waals surface area contributed by atoms with Crippen molar-refractivity contribution in [3.05, 3.63) is 33.1 Å². The molecule has 1 aromatic rings. The van der Waals surface area contributed by atoms with E-state index in [1.807, 2.05) is 0 Å². The van der Waals surface area contributed by atoms with E-state index in [4.69, 9.17) is 11.6 Å². The summed E-state index contributed by atoms with van der Waals surface area (Å²) < 4.78 is 0. The zero-order valence-electron chi connectivity index (χ0n) is 8.73. The highest BCUT2D eigenvalue weighted by Gasteiger charge is 2.21. The molecule has 0 aliphatic carbocycles. The van der Waals surface area contributed by atoms with Gasteiger partial charge in [0.15, 0.2) is 0 Å². The van der Waals surface area contributed by atoms with Gasteiger partial charge in [-0.05, 0) is 19.9 Å². The molecule has 1 aromatic heterocycles. The lowest BCUT2D eigenvalue weighted by atomic mass is 10.2. The first-order valence-electron chi connectivity index (χ1n) is 4.52. The molecule has 7 heteroatoms. The fourth-order valence-electron chi connectivity index (χ4n) is 1.09. The van der Waals surface area contributed by atoms with Gasteiger partial charge in [0, 0.05) is 6.04 Å². The smallest absolute Gasteiger partial charge is 0.300 e. The van der Waals surface area contributed by atoms with Crippen molar-refractivity contribution in [1.29, 1.82) is 0 Å². The van der Waals surface area contributed by atoms with Gasteiger partial charge >= 0.3 is 0 Å². The van der Waals surface area contributed by atoms with E-state index in [0.29, 0.717) is 0 Å². The second-order valence-electron chi connectivity index (χ2n) is 3.41. The number of nitro groups is 1. The van der Waals surface area contributed by atoms with E-state index in [-0.39, 0.29) is 22.4 Å². The van der Waals surface area contributed by atoms with Crippen LogP contribution in [0.1, 0.15) is 24.2 Å². The molecule has 0 saturated heterocycles. The highest BCUT2D eigenvalue weighted by atomic mass is 35.5. The topological polar surface area (TPSA) is 85.1 Å². The molecule has 1 amide bonds. The van der Waals surface area contributed by atoms with Gasteiger partial charge in [0.05, 0.1) is 4.92 Å². The molecule has 1 N–H and O–H groups in total. The maximum absolute atomic E-state index is 11.6. The van der Waals surface area contributed by atoms with Gasteiger partial charge in [0.2, 0.25) is 0 Å². The van der Waals surface area contributed by atoms with Gasteiger partial charge in [0.1, 0.15) is 16.9 Å². The molecule has 0 unspecified atom stereocenters. The van der Waals surface area contributed by atoms with E-state index >= 15 is 0 Å². The summed E-state index contributed by atoms with van der Waals surface area (Å²) in [7, 11) is 0. The van der Waals surface area contributed by atoms with Crippen LogP contribution in [0.5, 0.6) is 0 Å². The van der Waals surface area contributed by atoms with Crippen LogP contribution in [-0.2, 0) is 0 Å². The van der Waals surface area contributed by atoms with Crippen molar-refractivity contribution in [2.75, 3.05) is 0 Å². The predicted octanol–water partition coefficient (Wildman–Crippen LogP) is 1.78. The minimum atomic E-state index is -0.668. The zero-order valence-corrected chi connectivity index (χ0v) is 9.49. The predicted molar refractivity (Wildman–Crippen MR) is 58.5 cm³/mol. The van der Waals surface area contributed by atoms with Gasteiger partial charge < -0.3 is 5.32 Å². The average Bonchev–Trinajstić information content (AvgIpc) is 2.15. The zero-order chi connectivity index (χ0) is 12.3. The number of rotatable bonds is 3. The van der Waals surface area contributed by atoms with Crippen molar-refractivity contribution in [2.24, 2.45) is 0 Å². The van der Waals surface area contributed by atoms with E-state index in [0.717, 1.165) is 6.20 Å². The number of aromatic nitrogens is 1. The lowest BCUT2D eigenvalue weighted by molar-refractivity contribution is -0.385. The molecule has 0 fully saturated rings. The maximum Gasteiger partial charge on any atom is 0.300 e. The Bertz CT molecular complexity index is 434. The third kappa shape index (κ3) is 2.90. The Morgan fingerprint density at radius 3 is 2.75 bits per heavy atom. The van der Waals surface area contributed by atoms with Crippen LogP contribution in [0.25, 0.3) is 0 Å². The van der Waals surface area contributed by atoms with E-state index < -0.39 is 10.8 Å². The van der Waals surface area contributed by atoms with Crippen LogP contribution in [0.4, 0.5) is 5.69 Å². The largest absolute Gasteiger partial charge is 0.350 e. The van der Waals surface area contributed by atoms with Crippen molar-refractivity contribution < 1.29 is 9.72 Å². The van der Waals surface area contributed by atoms with Crippen molar-refractivity contribution in [3.63, 3.8) is 0 Å². The Labute approximate surface area is 96.8 Å². The van der Waals surface area contributed by atoms with Crippen LogP contribution < -0.4 is 5.32 Å². The summed E-state index contributed by atoms with van der Waals surface area (Å²) in [6.07, 6.45) is 0.970. The molecule has 0 atom stereocenters. The van der Waals surface area contributed by atoms with Gasteiger partial charge in [0.25, 0.3) is 11.6 Å². The number of nitrogens with zero attached hydrogens (tertiary/aromatic N) is 2. The van der Waals surface area contributed by atoms with Crippen molar-refractivity contribution in [1.82, 2.24) is 10.3 Å². The van der Waals surface area contributed by atoms with Crippen LogP contribution in [0.3, 0.4) is 0 Å². The van der Waals surface area contributed by atoms with E-state index in [1.165, 1.54) is 6.07 Å². The fourth-order valence-corrected chi connectivity index (χ4v) is 1.25. The number of carbonyl (C=O) groups excluding carboxylic acids is 1. The van der Waals surface area contributed by atoms with E-state index in [9.17, 15) is 14.9 Å². The molecule has 0 bridgehead atoms. The minimum Gasteiger partial charge on any atom is -0.350 e. The molecule has 0 saturated carbocycles. The maximum atomic E-state index is 11.6. The van der Waals surface area contributed by atoms with E-state index in [2.05, 4.69) is 10.3 Å². The molecule has 16 heavy (non-hydrogen) atoms. The van der Waals surface area contributed by atoms with Gasteiger partial charge in [-0.15, -0.1) is 0 Å². The van der Waals surface area contributed by atoms with Crippen molar-refractivity contribution >= 4 is 23.2 Å². The van der Waals surface area contributed by atoms with Gasteiger partial charge in [-0.25, -0.2) is 4.98 Å². The summed E-state index contributed by atoms with van der Waals surface area (Å²) in [5.74, 6) is -0.536. The first-order valence-corrected chi connectivity index (χ1v) is 4.90. The first kappa shape index (κ1) is 12.4. The third-order valence-corrected chi connectivity index (χ3v) is 1.92. The first-order chi connectivity index (χ1) is 7.41. The normalized spacial score (nSPS) is 10.2. The fraction of sp³-hybridized carbons (Fsp3) is 0.333. The highest BCUT2D eigenvalue weighted by Crippen LogP contribution is 2.20. The molecule has 6 nitrogen and oxygen atoms in total. The summed E-state index contributed by atoms with van der Waals surface area (Å²) in [5.41, 5.74) is -0.443. The number of amides is 1. The van der Waals surface area contributed by atoms with Crippen LogP contribution in [0, 0.1) is 10.1 Å². The molecule has 1 heterocycles. The molecule has 0 radical (unpaired) electrons. The summed E-state index contributed by atoms with van der Waals surface area (Å²) in [6, 6.07) is 1.07. The molecule has 86 valence electrons. The van der Waals surface area contributed by atoms with Gasteiger partial charge in [-0.3, -0.25) is 14.9 Å². The molecular weight excluding hydrogens is 234 g/mol. The second-order valence-corrected chi connectivity index (χ2v) is 3.80. The monoisotopic (exact) mass is 243 g/mol. The van der Waals surface area contributed by atoms with E-state index in [1.54, 1.807) is 13.8 Å². The standard InChI is InChI=1S/C9H10ClN3O3/c1-5(2)12-9(14)6-3-8(10)11-4-7(6)13(15)16/h3-5H,1-2H3,(H,12,14). The Morgan fingerprint density at radius 1 is 1.62 bits per heavy atom. The number of hydrogen-bond donors (Lipinski definition) is 1. The Hall–Kier alpha value is -1.69. The minimum absolute atomic E-state index is 0.0412. The molecule has 0 spiro atoms. The average molecular weight is 244 g/mol. The van der Waals surface area contributed by atoms with Crippen LogP contribution in [-0.4, -0.2) is 21.9 Å². The third-order valence-electron chi connectivity index (χ3n) is 1.71. The van der Waals surface area contributed by atoms with Crippen LogP contribution >= 0.6 is 11.6 Å². The molecule has 0 aliphatic heterocycles.